The van der Waals surface area contributed by atoms with Crippen molar-refractivity contribution < 1.29 is 43.9 Å². The van der Waals surface area contributed by atoms with E-state index < -0.39 is 70.1 Å². The number of aliphatic hydroxyl groups is 3. The second-order valence-corrected chi connectivity index (χ2v) is 12.1. The second kappa shape index (κ2) is 8.71. The molecule has 2 bridgehead atoms. The van der Waals surface area contributed by atoms with E-state index in [4.69, 9.17) is 14.2 Å². The van der Waals surface area contributed by atoms with Crippen LogP contribution in [0.25, 0.3) is 0 Å². The van der Waals surface area contributed by atoms with E-state index in [1.165, 1.54) is 13.8 Å². The smallest absolute Gasteiger partial charge is 0.338 e. The van der Waals surface area contributed by atoms with Gasteiger partial charge in [0, 0.05) is 18.8 Å². The third-order valence-corrected chi connectivity index (χ3v) is 9.86. The number of ketones is 1. The predicted molar refractivity (Wildman–Crippen MR) is 134 cm³/mol. The molecular formula is C29H36O9. The normalized spacial score (nSPS) is 41.6. The van der Waals surface area contributed by atoms with Gasteiger partial charge < -0.3 is 29.5 Å². The maximum Gasteiger partial charge on any atom is 0.338 e. The molecule has 0 radical (unpaired) electrons. The van der Waals surface area contributed by atoms with E-state index in [1.54, 1.807) is 44.2 Å². The van der Waals surface area contributed by atoms with Crippen LogP contribution < -0.4 is 0 Å². The molecule has 2 saturated carbocycles. The highest BCUT2D eigenvalue weighted by molar-refractivity contribution is 5.94. The zero-order chi connectivity index (χ0) is 27.8. The van der Waals surface area contributed by atoms with Gasteiger partial charge in [-0.05, 0) is 44.4 Å². The molecule has 0 aromatic heterocycles. The molecule has 0 unspecified atom stereocenters. The predicted octanol–water partition coefficient (Wildman–Crippen LogP) is 2.11. The SMILES string of the molecule is CC(=O)O[C@@]12CO[C@H]1C[C@H](O)[C@@]1(C)C(=O)[C@H](O)C3=C(C)CC[C@@](O)([C@@H](OC(=O)c4ccccc4)[C@H]21)C3(C)C. The molecule has 38 heavy (non-hydrogen) atoms. The third kappa shape index (κ3) is 3.41. The van der Waals surface area contributed by atoms with Gasteiger partial charge in [0.1, 0.15) is 23.9 Å². The Morgan fingerprint density at radius 1 is 1.11 bits per heavy atom. The number of hydrogen-bond acceptors (Lipinski definition) is 9. The van der Waals surface area contributed by atoms with Crippen LogP contribution in [0.15, 0.2) is 41.5 Å². The molecule has 8 atom stereocenters. The minimum absolute atomic E-state index is 0.0298. The maximum atomic E-state index is 14.3. The van der Waals surface area contributed by atoms with Crippen LogP contribution in [0.4, 0.5) is 0 Å². The molecule has 1 heterocycles. The average Bonchev–Trinajstić information content (AvgIpc) is 2.85. The molecule has 1 aromatic rings. The highest BCUT2D eigenvalue weighted by atomic mass is 16.6. The molecule has 9 heteroatoms. The average molecular weight is 529 g/mol. The van der Waals surface area contributed by atoms with Gasteiger partial charge in [-0.15, -0.1) is 0 Å². The van der Waals surface area contributed by atoms with E-state index in [0.29, 0.717) is 12.0 Å². The molecule has 9 nitrogen and oxygen atoms in total. The molecule has 3 aliphatic carbocycles. The number of aliphatic hydroxyl groups excluding tert-OH is 2. The molecule has 1 aliphatic heterocycles. The van der Waals surface area contributed by atoms with Crippen molar-refractivity contribution >= 4 is 17.7 Å². The number of carbonyl (C=O) groups excluding carboxylic acids is 3. The Bertz CT molecular complexity index is 1210. The Morgan fingerprint density at radius 2 is 1.76 bits per heavy atom. The van der Waals surface area contributed by atoms with Crippen molar-refractivity contribution in [1.82, 2.24) is 0 Å². The number of hydrogen-bond donors (Lipinski definition) is 3. The van der Waals surface area contributed by atoms with Gasteiger partial charge in [-0.25, -0.2) is 4.79 Å². The van der Waals surface area contributed by atoms with Gasteiger partial charge in [-0.3, -0.25) is 9.59 Å². The first-order valence-corrected chi connectivity index (χ1v) is 13.1. The summed E-state index contributed by atoms with van der Waals surface area (Å²) in [5, 5.41) is 35.6. The zero-order valence-corrected chi connectivity index (χ0v) is 22.4. The number of esters is 2. The van der Waals surface area contributed by atoms with Crippen molar-refractivity contribution in [3.8, 4) is 0 Å². The summed E-state index contributed by atoms with van der Waals surface area (Å²) in [6.07, 6.45) is -4.63. The summed E-state index contributed by atoms with van der Waals surface area (Å²) < 4.78 is 17.8. The molecule has 5 rings (SSSR count). The molecule has 0 spiro atoms. The van der Waals surface area contributed by atoms with Gasteiger partial charge >= 0.3 is 11.9 Å². The van der Waals surface area contributed by atoms with Crippen molar-refractivity contribution in [3.63, 3.8) is 0 Å². The van der Waals surface area contributed by atoms with Crippen molar-refractivity contribution in [2.45, 2.75) is 89.5 Å². The van der Waals surface area contributed by atoms with Gasteiger partial charge in [-0.1, -0.05) is 37.6 Å². The molecule has 3 fully saturated rings. The van der Waals surface area contributed by atoms with Crippen LogP contribution in [0.1, 0.15) is 64.2 Å². The van der Waals surface area contributed by atoms with Crippen LogP contribution in [0.2, 0.25) is 0 Å². The topological polar surface area (TPSA) is 140 Å². The second-order valence-electron chi connectivity index (χ2n) is 12.1. The molecule has 206 valence electrons. The molecule has 0 amide bonds. The van der Waals surface area contributed by atoms with E-state index >= 15 is 0 Å². The van der Waals surface area contributed by atoms with Crippen LogP contribution in [-0.2, 0) is 23.8 Å². The van der Waals surface area contributed by atoms with Gasteiger partial charge in [0.05, 0.1) is 29.6 Å². The van der Waals surface area contributed by atoms with E-state index in [9.17, 15) is 29.7 Å². The summed E-state index contributed by atoms with van der Waals surface area (Å²) in [6.45, 7) is 7.89. The highest BCUT2D eigenvalue weighted by Crippen LogP contribution is 2.63. The summed E-state index contributed by atoms with van der Waals surface area (Å²) in [5.41, 5.74) is -4.85. The van der Waals surface area contributed by atoms with Crippen molar-refractivity contribution in [1.29, 1.82) is 0 Å². The quantitative estimate of drug-likeness (QED) is 0.398. The number of ether oxygens (including phenoxy) is 3. The molecule has 4 aliphatic rings. The van der Waals surface area contributed by atoms with Crippen LogP contribution in [0, 0.1) is 16.7 Å². The number of fused-ring (bicyclic) bond motifs is 5. The summed E-state index contributed by atoms with van der Waals surface area (Å²) >= 11 is 0. The minimum Gasteiger partial charge on any atom is -0.455 e. The lowest BCUT2D eigenvalue weighted by Gasteiger charge is -2.67. The van der Waals surface area contributed by atoms with Crippen LogP contribution in [-0.4, -0.2) is 75.3 Å². The lowest BCUT2D eigenvalue weighted by Crippen LogP contribution is -2.81. The number of rotatable bonds is 3. The van der Waals surface area contributed by atoms with Gasteiger partial charge in [0.2, 0.25) is 0 Å². The van der Waals surface area contributed by atoms with Crippen LogP contribution >= 0.6 is 0 Å². The fourth-order valence-electron chi connectivity index (χ4n) is 7.69. The number of Topliss-reactive ketones (excluding diaryl/α,β-unsaturated/α-hetero) is 1. The van der Waals surface area contributed by atoms with E-state index in [-0.39, 0.29) is 25.0 Å². The van der Waals surface area contributed by atoms with E-state index in [0.717, 1.165) is 5.57 Å². The lowest BCUT2D eigenvalue weighted by atomic mass is 9.45. The van der Waals surface area contributed by atoms with Crippen molar-refractivity contribution in [2.75, 3.05) is 6.61 Å². The summed E-state index contributed by atoms with van der Waals surface area (Å²) in [6, 6.07) is 8.28. The Balaban J connectivity index is 1.79. The highest BCUT2D eigenvalue weighted by Gasteiger charge is 2.77. The minimum atomic E-state index is -1.79. The first-order valence-electron chi connectivity index (χ1n) is 13.1. The van der Waals surface area contributed by atoms with Crippen molar-refractivity contribution in [3.05, 3.63) is 47.0 Å². The fraction of sp³-hybridized carbons (Fsp3) is 0.621. The number of benzene rings is 1. The Hall–Kier alpha value is -2.59. The number of carbonyl (C=O) groups is 3. The summed E-state index contributed by atoms with van der Waals surface area (Å²) in [7, 11) is 0. The van der Waals surface area contributed by atoms with Crippen molar-refractivity contribution in [2.24, 2.45) is 16.7 Å². The lowest BCUT2D eigenvalue weighted by molar-refractivity contribution is -0.345. The van der Waals surface area contributed by atoms with Gasteiger partial charge in [0.15, 0.2) is 11.4 Å². The Labute approximate surface area is 221 Å². The zero-order valence-electron chi connectivity index (χ0n) is 22.4. The summed E-state index contributed by atoms with van der Waals surface area (Å²) in [5.74, 6) is -3.23. The monoisotopic (exact) mass is 528 g/mol. The fourth-order valence-corrected chi connectivity index (χ4v) is 7.69. The first-order chi connectivity index (χ1) is 17.7. The molecule has 1 aromatic carbocycles. The number of allylic oxidation sites excluding steroid dienone is 1. The standard InChI is InChI=1S/C29H36O9/c1-15-11-12-29(35)24(37-25(34)17-9-7-6-8-10-17)22-27(5,23(33)21(32)20(15)26(29,3)4)18(31)13-19-28(22,14-36-19)38-16(2)30/h6-10,18-19,21-22,24,31-32,35H,11-14H2,1-5H3/t18-,19-,21+,22-,24-,27+,28-,29+/m0/s1. The largest absolute Gasteiger partial charge is 0.455 e. The third-order valence-electron chi connectivity index (χ3n) is 9.86. The molecule has 1 saturated heterocycles. The summed E-state index contributed by atoms with van der Waals surface area (Å²) in [4.78, 5) is 40.2. The van der Waals surface area contributed by atoms with E-state index in [2.05, 4.69) is 0 Å². The van der Waals surface area contributed by atoms with Gasteiger partial charge in [0.25, 0.3) is 0 Å². The first kappa shape index (κ1) is 27.0. The maximum absolute atomic E-state index is 14.3. The Kier molecular flexibility index (Phi) is 6.19. The molecule has 3 N–H and O–H groups in total. The van der Waals surface area contributed by atoms with Crippen LogP contribution in [0.3, 0.4) is 0 Å². The van der Waals surface area contributed by atoms with E-state index in [1.807, 2.05) is 6.92 Å². The molecular weight excluding hydrogens is 492 g/mol. The van der Waals surface area contributed by atoms with Gasteiger partial charge in [-0.2, -0.15) is 0 Å². The Morgan fingerprint density at radius 3 is 2.34 bits per heavy atom. The van der Waals surface area contributed by atoms with Crippen LogP contribution in [0.5, 0.6) is 0 Å².